The van der Waals surface area contributed by atoms with Gasteiger partial charge in [-0.05, 0) is 30.7 Å². The summed E-state index contributed by atoms with van der Waals surface area (Å²) in [5.41, 5.74) is 1.18. The van der Waals surface area contributed by atoms with Crippen LogP contribution in [0.15, 0.2) is 42.5 Å². The summed E-state index contributed by atoms with van der Waals surface area (Å²) >= 11 is 0. The second-order valence-corrected chi connectivity index (χ2v) is 5.25. The molecule has 0 N–H and O–H groups in total. The van der Waals surface area contributed by atoms with E-state index in [0.29, 0.717) is 5.69 Å². The van der Waals surface area contributed by atoms with Crippen LogP contribution >= 0.6 is 0 Å². The number of hydrogen-bond acceptors (Lipinski definition) is 4. The molecule has 0 saturated carbocycles. The van der Waals surface area contributed by atoms with Gasteiger partial charge in [0.1, 0.15) is 0 Å². The number of hydrogen-bond donors (Lipinski definition) is 0. The molecule has 0 unspecified atom stereocenters. The van der Waals surface area contributed by atoms with Crippen molar-refractivity contribution < 1.29 is 4.79 Å². The number of nitrogens with zero attached hydrogens (tertiary/aromatic N) is 4. The van der Waals surface area contributed by atoms with Crippen LogP contribution in [0.2, 0.25) is 0 Å². The van der Waals surface area contributed by atoms with Gasteiger partial charge in [0.15, 0.2) is 11.5 Å². The predicted molar refractivity (Wildman–Crippen MR) is 89.4 cm³/mol. The fraction of sp³-hybridized carbons (Fsp3) is 0.353. The Hall–Kier alpha value is -2.43. The van der Waals surface area contributed by atoms with E-state index >= 15 is 0 Å². The lowest BCUT2D eigenvalue weighted by Crippen LogP contribution is -2.27. The highest BCUT2D eigenvalue weighted by Gasteiger charge is 2.15. The highest BCUT2D eigenvalue weighted by Crippen LogP contribution is 2.15. The molecular weight excluding hydrogens is 276 g/mol. The van der Waals surface area contributed by atoms with Crippen LogP contribution in [0.25, 0.3) is 0 Å². The predicted octanol–water partition coefficient (Wildman–Crippen LogP) is 2.99. The molecule has 2 aromatic rings. The topological polar surface area (TPSA) is 49.3 Å². The molecule has 1 aromatic carbocycles. The van der Waals surface area contributed by atoms with E-state index in [9.17, 15) is 4.79 Å². The zero-order valence-corrected chi connectivity index (χ0v) is 13.4. The number of rotatable bonds is 6. The molecule has 0 radical (unpaired) electrons. The standard InChI is InChI=1S/C17H22N4O/c1-4-5-13-20(2)16-12-11-15(18-19-16)17(22)21(3)14-9-7-6-8-10-14/h6-12H,4-5,13H2,1-3H3. The number of para-hydroxylation sites is 1. The third-order valence-corrected chi connectivity index (χ3v) is 3.56. The molecule has 5 nitrogen and oxygen atoms in total. The minimum absolute atomic E-state index is 0.165. The van der Waals surface area contributed by atoms with Crippen molar-refractivity contribution in [3.63, 3.8) is 0 Å². The summed E-state index contributed by atoms with van der Waals surface area (Å²) in [6.07, 6.45) is 2.24. The molecule has 22 heavy (non-hydrogen) atoms. The van der Waals surface area contributed by atoms with Crippen LogP contribution in [0.3, 0.4) is 0 Å². The van der Waals surface area contributed by atoms with E-state index in [0.717, 1.165) is 30.9 Å². The fourth-order valence-corrected chi connectivity index (χ4v) is 2.09. The molecule has 1 aromatic heterocycles. The summed E-state index contributed by atoms with van der Waals surface area (Å²) in [7, 11) is 3.72. The van der Waals surface area contributed by atoms with Crippen LogP contribution in [-0.4, -0.2) is 36.7 Å². The number of benzene rings is 1. The zero-order valence-electron chi connectivity index (χ0n) is 13.4. The molecule has 0 bridgehead atoms. The van der Waals surface area contributed by atoms with Crippen LogP contribution in [0.4, 0.5) is 11.5 Å². The summed E-state index contributed by atoms with van der Waals surface area (Å²) in [5, 5.41) is 8.23. The van der Waals surface area contributed by atoms with Gasteiger partial charge in [0.05, 0.1) is 0 Å². The third kappa shape index (κ3) is 3.81. The number of anilines is 2. The first-order valence-corrected chi connectivity index (χ1v) is 7.51. The first-order chi connectivity index (χ1) is 10.6. The summed E-state index contributed by atoms with van der Waals surface area (Å²) in [6.45, 7) is 3.09. The Morgan fingerprint density at radius 3 is 2.36 bits per heavy atom. The van der Waals surface area contributed by atoms with Crippen LogP contribution in [0.5, 0.6) is 0 Å². The van der Waals surface area contributed by atoms with Crippen LogP contribution < -0.4 is 9.80 Å². The number of amides is 1. The van der Waals surface area contributed by atoms with E-state index < -0.39 is 0 Å². The maximum atomic E-state index is 12.4. The van der Waals surface area contributed by atoms with Crippen molar-refractivity contribution in [3.05, 3.63) is 48.2 Å². The molecule has 0 aliphatic heterocycles. The Balaban J connectivity index is 2.08. The highest BCUT2D eigenvalue weighted by molar-refractivity contribution is 6.04. The maximum absolute atomic E-state index is 12.4. The first kappa shape index (κ1) is 15.9. The highest BCUT2D eigenvalue weighted by atomic mass is 16.2. The van der Waals surface area contributed by atoms with Crippen LogP contribution in [0, 0.1) is 0 Å². The zero-order chi connectivity index (χ0) is 15.9. The second kappa shape index (κ2) is 7.54. The van der Waals surface area contributed by atoms with Gasteiger partial charge in [0.25, 0.3) is 5.91 Å². The van der Waals surface area contributed by atoms with Crippen molar-refractivity contribution in [2.45, 2.75) is 19.8 Å². The maximum Gasteiger partial charge on any atom is 0.278 e. The Morgan fingerprint density at radius 2 is 1.77 bits per heavy atom. The van der Waals surface area contributed by atoms with E-state index in [2.05, 4.69) is 17.1 Å². The molecule has 5 heteroatoms. The molecule has 116 valence electrons. The number of carbonyl (C=O) groups excluding carboxylic acids is 1. The Kier molecular flexibility index (Phi) is 5.47. The smallest absolute Gasteiger partial charge is 0.278 e. The van der Waals surface area contributed by atoms with Gasteiger partial charge in [-0.1, -0.05) is 31.5 Å². The fourth-order valence-electron chi connectivity index (χ4n) is 2.09. The van der Waals surface area contributed by atoms with E-state index in [1.165, 1.54) is 0 Å². The Labute approximate surface area is 131 Å². The molecule has 1 amide bonds. The van der Waals surface area contributed by atoms with E-state index in [1.54, 1.807) is 18.0 Å². The number of unbranched alkanes of at least 4 members (excludes halogenated alkanes) is 1. The lowest BCUT2D eigenvalue weighted by atomic mass is 10.2. The monoisotopic (exact) mass is 298 g/mol. The van der Waals surface area contributed by atoms with Crippen molar-refractivity contribution in [1.82, 2.24) is 10.2 Å². The molecular formula is C17H22N4O. The van der Waals surface area contributed by atoms with Gasteiger partial charge < -0.3 is 9.80 Å². The summed E-state index contributed by atoms with van der Waals surface area (Å²) in [5.74, 6) is 0.619. The molecule has 2 rings (SSSR count). The van der Waals surface area contributed by atoms with Gasteiger partial charge in [-0.25, -0.2) is 0 Å². The minimum Gasteiger partial charge on any atom is -0.358 e. The van der Waals surface area contributed by atoms with Gasteiger partial charge in [0.2, 0.25) is 0 Å². The summed E-state index contributed by atoms with van der Waals surface area (Å²) in [4.78, 5) is 16.0. The second-order valence-electron chi connectivity index (χ2n) is 5.25. The average Bonchev–Trinajstić information content (AvgIpc) is 2.59. The van der Waals surface area contributed by atoms with Gasteiger partial charge >= 0.3 is 0 Å². The van der Waals surface area contributed by atoms with E-state index in [4.69, 9.17) is 0 Å². The van der Waals surface area contributed by atoms with Gasteiger partial charge in [-0.15, -0.1) is 10.2 Å². The first-order valence-electron chi connectivity index (χ1n) is 7.51. The van der Waals surface area contributed by atoms with Gasteiger partial charge in [-0.3, -0.25) is 4.79 Å². The van der Waals surface area contributed by atoms with Crippen LogP contribution in [-0.2, 0) is 0 Å². The number of aromatic nitrogens is 2. The minimum atomic E-state index is -0.165. The molecule has 0 fully saturated rings. The lowest BCUT2D eigenvalue weighted by molar-refractivity contribution is 0.0987. The average molecular weight is 298 g/mol. The van der Waals surface area contributed by atoms with Gasteiger partial charge in [-0.2, -0.15) is 0 Å². The normalized spacial score (nSPS) is 10.3. The quantitative estimate of drug-likeness (QED) is 0.822. The third-order valence-electron chi connectivity index (χ3n) is 3.56. The van der Waals surface area contributed by atoms with Crippen molar-refractivity contribution >= 4 is 17.4 Å². The molecule has 0 aliphatic rings. The molecule has 0 atom stereocenters. The lowest BCUT2D eigenvalue weighted by Gasteiger charge is -2.18. The molecule has 0 spiro atoms. The van der Waals surface area contributed by atoms with Crippen molar-refractivity contribution in [3.8, 4) is 0 Å². The Morgan fingerprint density at radius 1 is 1.05 bits per heavy atom. The molecule has 0 aliphatic carbocycles. The Bertz CT molecular complexity index is 598. The SMILES string of the molecule is CCCCN(C)c1ccc(C(=O)N(C)c2ccccc2)nn1. The van der Waals surface area contributed by atoms with E-state index in [1.807, 2.05) is 48.3 Å². The van der Waals surface area contributed by atoms with Crippen molar-refractivity contribution in [2.75, 3.05) is 30.4 Å². The summed E-state index contributed by atoms with van der Waals surface area (Å²) < 4.78 is 0. The van der Waals surface area contributed by atoms with Crippen LogP contribution in [0.1, 0.15) is 30.3 Å². The molecule has 1 heterocycles. The number of carbonyl (C=O) groups is 1. The summed E-state index contributed by atoms with van der Waals surface area (Å²) in [6, 6.07) is 13.1. The van der Waals surface area contributed by atoms with Crippen molar-refractivity contribution in [1.29, 1.82) is 0 Å². The van der Waals surface area contributed by atoms with Gasteiger partial charge in [0, 0.05) is 26.3 Å². The van der Waals surface area contributed by atoms with E-state index in [-0.39, 0.29) is 5.91 Å². The largest absolute Gasteiger partial charge is 0.358 e. The molecule has 0 saturated heterocycles. The van der Waals surface area contributed by atoms with Crippen molar-refractivity contribution in [2.24, 2.45) is 0 Å².